The number of carboxylic acid groups (broad SMARTS) is 1. The Labute approximate surface area is 180 Å². The highest BCUT2D eigenvalue weighted by Gasteiger charge is 2.60. The van der Waals surface area contributed by atoms with Gasteiger partial charge in [-0.25, -0.2) is 4.79 Å². The second kappa shape index (κ2) is 8.86. The Bertz CT molecular complexity index is 755. The van der Waals surface area contributed by atoms with Crippen LogP contribution in [-0.4, -0.2) is 75.6 Å². The van der Waals surface area contributed by atoms with Gasteiger partial charge in [-0.05, 0) is 19.3 Å². The Hall–Kier alpha value is -1.62. The van der Waals surface area contributed by atoms with Crippen molar-refractivity contribution in [2.24, 2.45) is 23.5 Å². The van der Waals surface area contributed by atoms with E-state index >= 15 is 0 Å². The summed E-state index contributed by atoms with van der Waals surface area (Å²) in [4.78, 5) is 38.5. The molecule has 0 bridgehead atoms. The zero-order chi connectivity index (χ0) is 22.3. The van der Waals surface area contributed by atoms with E-state index in [1.165, 1.54) is 16.7 Å². The summed E-state index contributed by atoms with van der Waals surface area (Å²) in [5.41, 5.74) is 5.89. The molecule has 2 unspecified atom stereocenters. The molecular weight excluding hydrogens is 410 g/mol. The number of ether oxygens (including phenoxy) is 1. The van der Waals surface area contributed by atoms with E-state index in [-0.39, 0.29) is 46.7 Å². The van der Waals surface area contributed by atoms with E-state index in [4.69, 9.17) is 10.5 Å². The fraction of sp³-hybridized carbons (Fsp3) is 0.750. The lowest BCUT2D eigenvalue weighted by Crippen LogP contribution is -2.63. The van der Waals surface area contributed by atoms with Gasteiger partial charge in [0.1, 0.15) is 5.70 Å². The average molecular weight is 442 g/mol. The van der Waals surface area contributed by atoms with E-state index in [1.807, 2.05) is 20.8 Å². The molecule has 3 aliphatic heterocycles. The summed E-state index contributed by atoms with van der Waals surface area (Å²) in [6.07, 6.45) is -0.392. The smallest absolute Gasteiger partial charge is 0.353 e. The zero-order valence-electron chi connectivity index (χ0n) is 17.7. The van der Waals surface area contributed by atoms with Crippen LogP contribution in [0.5, 0.6) is 0 Å². The SMILES string of the molecule is CC(C)[C@@H](N)C(=O)NCC1OCCC1SC1=C(C(=O)O)N2C(=O)[C@H]([C@@H](C)O)[C@H]2[C@H]1C. The molecule has 0 aromatic carbocycles. The fourth-order valence-electron chi connectivity index (χ4n) is 4.42. The third-order valence-corrected chi connectivity index (χ3v) is 7.90. The van der Waals surface area contributed by atoms with E-state index in [1.54, 1.807) is 6.92 Å². The number of hydrogen-bond acceptors (Lipinski definition) is 7. The number of aliphatic carboxylic acids is 1. The second-order valence-corrected chi connectivity index (χ2v) is 9.92. The number of carbonyl (C=O) groups excluding carboxylic acids is 2. The number of amides is 2. The normalized spacial score (nSPS) is 32.8. The molecule has 3 heterocycles. The van der Waals surface area contributed by atoms with Crippen LogP contribution in [-0.2, 0) is 19.1 Å². The number of aliphatic hydroxyl groups is 1. The van der Waals surface area contributed by atoms with Gasteiger partial charge >= 0.3 is 5.97 Å². The number of rotatable bonds is 8. The molecule has 0 saturated carbocycles. The molecule has 0 aromatic rings. The van der Waals surface area contributed by atoms with Gasteiger partial charge in [-0.3, -0.25) is 9.59 Å². The topological polar surface area (TPSA) is 142 Å². The predicted molar refractivity (Wildman–Crippen MR) is 111 cm³/mol. The van der Waals surface area contributed by atoms with Crippen LogP contribution in [0.4, 0.5) is 0 Å². The first-order valence-corrected chi connectivity index (χ1v) is 11.2. The summed E-state index contributed by atoms with van der Waals surface area (Å²) in [6, 6.07) is -0.934. The van der Waals surface area contributed by atoms with Gasteiger partial charge in [-0.2, -0.15) is 0 Å². The second-order valence-electron chi connectivity index (χ2n) is 8.64. The Morgan fingerprint density at radius 2 is 2.03 bits per heavy atom. The number of nitrogens with two attached hydrogens (primary N) is 1. The molecule has 2 fully saturated rings. The maximum atomic E-state index is 12.5. The molecule has 0 radical (unpaired) electrons. The molecule has 0 spiro atoms. The first-order chi connectivity index (χ1) is 14.1. The van der Waals surface area contributed by atoms with Crippen LogP contribution in [0.2, 0.25) is 0 Å². The lowest BCUT2D eigenvalue weighted by atomic mass is 9.79. The maximum absolute atomic E-state index is 12.5. The number of thioether (sulfide) groups is 1. The van der Waals surface area contributed by atoms with Crippen LogP contribution in [0.25, 0.3) is 0 Å². The van der Waals surface area contributed by atoms with Gasteiger partial charge in [0.2, 0.25) is 11.8 Å². The molecule has 0 aromatic heterocycles. The summed E-state index contributed by atoms with van der Waals surface area (Å²) in [5, 5.41) is 22.5. The highest BCUT2D eigenvalue weighted by atomic mass is 32.2. The van der Waals surface area contributed by atoms with Crippen molar-refractivity contribution in [1.29, 1.82) is 0 Å². The van der Waals surface area contributed by atoms with Gasteiger partial charge in [0.05, 0.1) is 30.2 Å². The largest absolute Gasteiger partial charge is 0.477 e. The first kappa shape index (κ1) is 23.1. The molecule has 0 aliphatic carbocycles. The summed E-state index contributed by atoms with van der Waals surface area (Å²) >= 11 is 1.41. The number of nitrogens with zero attached hydrogens (tertiary/aromatic N) is 1. The van der Waals surface area contributed by atoms with Crippen LogP contribution in [0.1, 0.15) is 34.1 Å². The van der Waals surface area contributed by atoms with E-state index in [0.29, 0.717) is 24.5 Å². The third kappa shape index (κ3) is 3.98. The molecule has 30 heavy (non-hydrogen) atoms. The quantitative estimate of drug-likeness (QED) is 0.389. The standard InChI is InChI=1S/C20H31N3O6S/c1-8(2)14(21)18(25)22-7-11-12(5-6-29-11)30-17-9(3)15-13(10(4)24)19(26)23(15)16(17)20(27)28/h8-15,24H,5-7,21H2,1-4H3,(H,22,25)(H,27,28)/t9-,10-,11?,12?,13-,14-,15-/m1/s1. The molecule has 5 N–H and O–H groups in total. The highest BCUT2D eigenvalue weighted by Crippen LogP contribution is 2.52. The molecule has 9 nitrogen and oxygen atoms in total. The van der Waals surface area contributed by atoms with Crippen molar-refractivity contribution >= 4 is 29.5 Å². The molecular formula is C20H31N3O6S. The number of β-lactam (4-membered cyclic amide) rings is 1. The van der Waals surface area contributed by atoms with Crippen LogP contribution < -0.4 is 11.1 Å². The van der Waals surface area contributed by atoms with Crippen molar-refractivity contribution in [2.75, 3.05) is 13.2 Å². The number of nitrogens with one attached hydrogen (secondary N) is 1. The zero-order valence-corrected chi connectivity index (χ0v) is 18.5. The number of hydrogen-bond donors (Lipinski definition) is 4. The minimum Gasteiger partial charge on any atom is -0.477 e. The van der Waals surface area contributed by atoms with Gasteiger partial charge in [0.25, 0.3) is 0 Å². The molecule has 7 atom stereocenters. The minimum absolute atomic E-state index is 0.0101. The maximum Gasteiger partial charge on any atom is 0.353 e. The van der Waals surface area contributed by atoms with E-state index in [0.717, 1.165) is 0 Å². The van der Waals surface area contributed by atoms with Gasteiger partial charge in [0.15, 0.2) is 0 Å². The summed E-state index contributed by atoms with van der Waals surface area (Å²) in [7, 11) is 0. The predicted octanol–water partition coefficient (Wildman–Crippen LogP) is 0.130. The van der Waals surface area contributed by atoms with Gasteiger partial charge in [0, 0.05) is 29.2 Å². The Balaban J connectivity index is 1.72. The Morgan fingerprint density at radius 1 is 1.37 bits per heavy atom. The van der Waals surface area contributed by atoms with Crippen LogP contribution in [0, 0.1) is 17.8 Å². The highest BCUT2D eigenvalue weighted by molar-refractivity contribution is 8.03. The van der Waals surface area contributed by atoms with Crippen molar-refractivity contribution < 1.29 is 29.3 Å². The summed E-state index contributed by atoms with van der Waals surface area (Å²) in [5.74, 6) is -2.48. The Morgan fingerprint density at radius 3 is 2.60 bits per heavy atom. The van der Waals surface area contributed by atoms with E-state index < -0.39 is 24.0 Å². The van der Waals surface area contributed by atoms with Crippen molar-refractivity contribution in [2.45, 2.75) is 63.7 Å². The van der Waals surface area contributed by atoms with E-state index in [9.17, 15) is 24.6 Å². The first-order valence-electron chi connectivity index (χ1n) is 10.4. The van der Waals surface area contributed by atoms with E-state index in [2.05, 4.69) is 5.32 Å². The van der Waals surface area contributed by atoms with Crippen molar-refractivity contribution in [1.82, 2.24) is 10.2 Å². The van der Waals surface area contributed by atoms with Crippen LogP contribution in [0.15, 0.2) is 10.6 Å². The van der Waals surface area contributed by atoms with Crippen molar-refractivity contribution in [3.63, 3.8) is 0 Å². The van der Waals surface area contributed by atoms with Crippen molar-refractivity contribution in [3.8, 4) is 0 Å². The van der Waals surface area contributed by atoms with Crippen LogP contribution in [0.3, 0.4) is 0 Å². The molecule has 2 saturated heterocycles. The lowest BCUT2D eigenvalue weighted by molar-refractivity contribution is -0.163. The van der Waals surface area contributed by atoms with Gasteiger partial charge < -0.3 is 30.9 Å². The minimum atomic E-state index is -1.14. The molecule has 2 amide bonds. The summed E-state index contributed by atoms with van der Waals surface area (Å²) in [6.45, 7) is 8.02. The molecule has 3 aliphatic rings. The molecule has 3 rings (SSSR count). The van der Waals surface area contributed by atoms with Crippen LogP contribution >= 0.6 is 11.8 Å². The average Bonchev–Trinajstić information content (AvgIpc) is 3.20. The number of carbonyl (C=O) groups is 3. The number of aliphatic hydroxyl groups excluding tert-OH is 1. The van der Waals surface area contributed by atoms with Crippen molar-refractivity contribution in [3.05, 3.63) is 10.6 Å². The number of carboxylic acids is 1. The van der Waals surface area contributed by atoms with Gasteiger partial charge in [-0.15, -0.1) is 11.8 Å². The molecule has 168 valence electrons. The Kier molecular flexibility index (Phi) is 6.81. The number of fused-ring (bicyclic) bond motifs is 1. The lowest BCUT2D eigenvalue weighted by Gasteiger charge is -2.46. The monoisotopic (exact) mass is 441 g/mol. The summed E-state index contributed by atoms with van der Waals surface area (Å²) < 4.78 is 5.78. The third-order valence-electron chi connectivity index (χ3n) is 6.24. The molecule has 10 heteroatoms. The fourth-order valence-corrected chi connectivity index (χ4v) is 5.94. The van der Waals surface area contributed by atoms with Gasteiger partial charge in [-0.1, -0.05) is 20.8 Å².